The Labute approximate surface area is 172 Å². The standard InChI is InChI=1S/C19H22F3N5O2S/c20-19(21,22)16-12-17(25-18(24-16)14-2-1-5-23-13-14)27-6-3-15(4-7-27)26-8-10-30(28,29)11-9-26/h1-2,5,12-13,15H,3-4,6-11H2. The molecule has 0 radical (unpaired) electrons. The van der Waals surface area contributed by atoms with Crippen molar-refractivity contribution in [2.24, 2.45) is 0 Å². The predicted octanol–water partition coefficient (Wildman–Crippen LogP) is 2.26. The molecule has 0 aromatic carbocycles. The Morgan fingerprint density at radius 2 is 1.73 bits per heavy atom. The van der Waals surface area contributed by atoms with Crippen molar-refractivity contribution >= 4 is 15.7 Å². The van der Waals surface area contributed by atoms with Crippen LogP contribution in [0.5, 0.6) is 0 Å². The van der Waals surface area contributed by atoms with Gasteiger partial charge >= 0.3 is 6.18 Å². The summed E-state index contributed by atoms with van der Waals surface area (Å²) in [6, 6.07) is 4.48. The van der Waals surface area contributed by atoms with E-state index in [1.807, 2.05) is 4.90 Å². The molecule has 7 nitrogen and oxygen atoms in total. The second-order valence-corrected chi connectivity index (χ2v) is 9.88. The van der Waals surface area contributed by atoms with Crippen LogP contribution in [0.1, 0.15) is 18.5 Å². The van der Waals surface area contributed by atoms with Gasteiger partial charge in [-0.05, 0) is 25.0 Å². The van der Waals surface area contributed by atoms with E-state index < -0.39 is 21.7 Å². The highest BCUT2D eigenvalue weighted by Crippen LogP contribution is 2.32. The van der Waals surface area contributed by atoms with Gasteiger partial charge in [0.05, 0.1) is 11.5 Å². The molecule has 162 valence electrons. The molecule has 2 aromatic rings. The van der Waals surface area contributed by atoms with E-state index in [1.54, 1.807) is 12.1 Å². The number of piperidine rings is 1. The lowest BCUT2D eigenvalue weighted by Gasteiger charge is -2.40. The Hall–Kier alpha value is -2.27. The molecule has 0 atom stereocenters. The van der Waals surface area contributed by atoms with E-state index in [0.717, 1.165) is 18.9 Å². The fourth-order valence-electron chi connectivity index (χ4n) is 3.92. The fourth-order valence-corrected chi connectivity index (χ4v) is 5.15. The average Bonchev–Trinajstić information content (AvgIpc) is 2.74. The van der Waals surface area contributed by atoms with Crippen LogP contribution < -0.4 is 4.90 Å². The first-order valence-corrected chi connectivity index (χ1v) is 11.6. The third kappa shape index (κ3) is 4.72. The maximum Gasteiger partial charge on any atom is 0.433 e. The highest BCUT2D eigenvalue weighted by atomic mass is 32.2. The number of hydrogen-bond donors (Lipinski definition) is 0. The summed E-state index contributed by atoms with van der Waals surface area (Å²) in [5, 5.41) is 0. The number of anilines is 1. The maximum atomic E-state index is 13.4. The van der Waals surface area contributed by atoms with Crippen molar-refractivity contribution in [3.05, 3.63) is 36.3 Å². The van der Waals surface area contributed by atoms with E-state index in [4.69, 9.17) is 0 Å². The van der Waals surface area contributed by atoms with Crippen LogP contribution in [-0.2, 0) is 16.0 Å². The summed E-state index contributed by atoms with van der Waals surface area (Å²) in [6.07, 6.45) is -0.113. The first kappa shape index (κ1) is 21.0. The molecule has 0 aliphatic carbocycles. The normalized spacial score (nSPS) is 21.0. The average molecular weight is 441 g/mol. The van der Waals surface area contributed by atoms with Crippen molar-refractivity contribution in [2.75, 3.05) is 42.6 Å². The van der Waals surface area contributed by atoms with Crippen LogP contribution in [0.15, 0.2) is 30.6 Å². The first-order valence-electron chi connectivity index (χ1n) is 9.77. The lowest BCUT2D eigenvalue weighted by molar-refractivity contribution is -0.141. The predicted molar refractivity (Wildman–Crippen MR) is 106 cm³/mol. The zero-order chi connectivity index (χ0) is 21.4. The van der Waals surface area contributed by atoms with Gasteiger partial charge < -0.3 is 4.90 Å². The number of nitrogens with zero attached hydrogens (tertiary/aromatic N) is 5. The van der Waals surface area contributed by atoms with Gasteiger partial charge in [-0.3, -0.25) is 9.88 Å². The molecule has 0 N–H and O–H groups in total. The smallest absolute Gasteiger partial charge is 0.356 e. The van der Waals surface area contributed by atoms with E-state index in [1.165, 1.54) is 12.4 Å². The van der Waals surface area contributed by atoms with Crippen LogP contribution in [0.2, 0.25) is 0 Å². The molecule has 0 bridgehead atoms. The van der Waals surface area contributed by atoms with E-state index in [0.29, 0.717) is 31.7 Å². The van der Waals surface area contributed by atoms with E-state index in [2.05, 4.69) is 19.9 Å². The highest BCUT2D eigenvalue weighted by Gasteiger charge is 2.35. The van der Waals surface area contributed by atoms with Crippen molar-refractivity contribution in [1.29, 1.82) is 0 Å². The van der Waals surface area contributed by atoms with Crippen molar-refractivity contribution in [2.45, 2.75) is 25.1 Å². The number of rotatable bonds is 3. The largest absolute Gasteiger partial charge is 0.433 e. The molecule has 30 heavy (non-hydrogen) atoms. The molecular formula is C19H22F3N5O2S. The summed E-state index contributed by atoms with van der Waals surface area (Å²) < 4.78 is 63.5. The minimum absolute atomic E-state index is 0.00344. The second-order valence-electron chi connectivity index (χ2n) is 7.58. The van der Waals surface area contributed by atoms with Crippen LogP contribution in [0.4, 0.5) is 19.0 Å². The van der Waals surface area contributed by atoms with E-state index in [-0.39, 0.29) is 29.2 Å². The zero-order valence-corrected chi connectivity index (χ0v) is 17.0. The van der Waals surface area contributed by atoms with Crippen molar-refractivity contribution in [1.82, 2.24) is 19.9 Å². The zero-order valence-electron chi connectivity index (χ0n) is 16.2. The number of aromatic nitrogens is 3. The summed E-state index contributed by atoms with van der Waals surface area (Å²) in [6.45, 7) is 2.14. The minimum Gasteiger partial charge on any atom is -0.356 e. The molecule has 2 fully saturated rings. The molecule has 0 amide bonds. The van der Waals surface area contributed by atoms with Crippen LogP contribution in [0, 0.1) is 0 Å². The van der Waals surface area contributed by atoms with Gasteiger partial charge in [-0.15, -0.1) is 0 Å². The second kappa shape index (κ2) is 8.10. The Morgan fingerprint density at radius 3 is 2.33 bits per heavy atom. The highest BCUT2D eigenvalue weighted by molar-refractivity contribution is 7.91. The van der Waals surface area contributed by atoms with Gasteiger partial charge in [-0.2, -0.15) is 13.2 Å². The van der Waals surface area contributed by atoms with Gasteiger partial charge in [0.2, 0.25) is 0 Å². The third-order valence-corrected chi connectivity index (χ3v) is 7.22. The fraction of sp³-hybridized carbons (Fsp3) is 0.526. The lowest BCUT2D eigenvalue weighted by atomic mass is 10.0. The van der Waals surface area contributed by atoms with Gasteiger partial charge in [-0.1, -0.05) is 0 Å². The van der Waals surface area contributed by atoms with E-state index >= 15 is 0 Å². The van der Waals surface area contributed by atoms with Gasteiger partial charge in [0.1, 0.15) is 5.82 Å². The van der Waals surface area contributed by atoms with E-state index in [9.17, 15) is 21.6 Å². The number of sulfone groups is 1. The number of hydrogen-bond acceptors (Lipinski definition) is 7. The van der Waals surface area contributed by atoms with Crippen LogP contribution >= 0.6 is 0 Å². The van der Waals surface area contributed by atoms with Gasteiger partial charge in [-0.25, -0.2) is 18.4 Å². The summed E-state index contributed by atoms with van der Waals surface area (Å²) in [5.41, 5.74) is -0.552. The molecule has 2 aliphatic heterocycles. The molecule has 0 spiro atoms. The summed E-state index contributed by atoms with van der Waals surface area (Å²) in [5.74, 6) is 0.581. The first-order chi connectivity index (χ1) is 14.2. The summed E-state index contributed by atoms with van der Waals surface area (Å²) in [4.78, 5) is 16.0. The molecule has 2 saturated heterocycles. The van der Waals surface area contributed by atoms with Crippen LogP contribution in [-0.4, -0.2) is 72.0 Å². The number of pyridine rings is 1. The van der Waals surface area contributed by atoms with Crippen LogP contribution in [0.25, 0.3) is 11.4 Å². The van der Waals surface area contributed by atoms with Gasteiger partial charge in [0.25, 0.3) is 0 Å². The number of alkyl halides is 3. The Morgan fingerprint density at radius 1 is 1.03 bits per heavy atom. The van der Waals surface area contributed by atoms with Crippen molar-refractivity contribution < 1.29 is 21.6 Å². The van der Waals surface area contributed by atoms with Gasteiger partial charge in [0.15, 0.2) is 21.4 Å². The summed E-state index contributed by atoms with van der Waals surface area (Å²) in [7, 11) is -2.94. The number of halogens is 3. The third-order valence-electron chi connectivity index (χ3n) is 5.61. The van der Waals surface area contributed by atoms with Crippen molar-refractivity contribution in [3.63, 3.8) is 0 Å². The topological polar surface area (TPSA) is 79.3 Å². The minimum atomic E-state index is -4.58. The molecular weight excluding hydrogens is 419 g/mol. The van der Waals surface area contributed by atoms with Gasteiger partial charge in [0, 0.05) is 56.2 Å². The Bertz CT molecular complexity index is 979. The molecule has 4 rings (SSSR count). The molecule has 2 aliphatic rings. The maximum absolute atomic E-state index is 13.4. The Balaban J connectivity index is 1.52. The lowest BCUT2D eigenvalue weighted by Crippen LogP contribution is -2.50. The molecule has 11 heteroatoms. The SMILES string of the molecule is O=S1(=O)CCN(C2CCN(c3cc(C(F)(F)F)nc(-c4cccnc4)n3)CC2)CC1. The Kier molecular flexibility index (Phi) is 5.67. The monoisotopic (exact) mass is 441 g/mol. The molecule has 0 saturated carbocycles. The van der Waals surface area contributed by atoms with Crippen molar-refractivity contribution in [3.8, 4) is 11.4 Å². The quantitative estimate of drug-likeness (QED) is 0.723. The molecule has 4 heterocycles. The molecule has 2 aromatic heterocycles. The summed E-state index contributed by atoms with van der Waals surface area (Å²) >= 11 is 0. The molecule has 0 unspecified atom stereocenters. The van der Waals surface area contributed by atoms with Crippen LogP contribution in [0.3, 0.4) is 0 Å².